The highest BCUT2D eigenvalue weighted by Crippen LogP contribution is 1.94. The Bertz CT molecular complexity index is 172. The molecule has 0 atom stereocenters. The molecule has 4 nitrogen and oxygen atoms in total. The topological polar surface area (TPSA) is 32.8 Å². The molecule has 4 heteroatoms. The quantitative estimate of drug-likeness (QED) is 0.562. The van der Waals surface area contributed by atoms with E-state index in [1.54, 1.807) is 0 Å². The van der Waals surface area contributed by atoms with Crippen LogP contribution in [0.15, 0.2) is 0 Å². The Kier molecular flexibility index (Phi) is 8.33. The van der Waals surface area contributed by atoms with Gasteiger partial charge in [0.1, 0.15) is 0 Å². The summed E-state index contributed by atoms with van der Waals surface area (Å²) in [7, 11) is 4.11. The SMILES string of the molecule is CCOC(=O)CN(CC)CCCN(C)C. The van der Waals surface area contributed by atoms with Gasteiger partial charge in [0.25, 0.3) is 0 Å². The van der Waals surface area contributed by atoms with Gasteiger partial charge in [-0.15, -0.1) is 0 Å². The Balaban J connectivity index is 3.67. The van der Waals surface area contributed by atoms with Gasteiger partial charge in [0.05, 0.1) is 13.2 Å². The molecule has 0 aliphatic rings. The zero-order valence-corrected chi connectivity index (χ0v) is 10.5. The number of carbonyl (C=O) groups is 1. The fourth-order valence-electron chi connectivity index (χ4n) is 1.35. The number of esters is 1. The molecule has 0 aliphatic heterocycles. The minimum Gasteiger partial charge on any atom is -0.465 e. The molecule has 0 bridgehead atoms. The monoisotopic (exact) mass is 216 g/mol. The van der Waals surface area contributed by atoms with Crippen LogP contribution in [0.1, 0.15) is 20.3 Å². The van der Waals surface area contributed by atoms with Crippen molar-refractivity contribution in [3.8, 4) is 0 Å². The third-order valence-corrected chi connectivity index (χ3v) is 2.18. The smallest absolute Gasteiger partial charge is 0.320 e. The van der Waals surface area contributed by atoms with E-state index in [1.807, 2.05) is 6.92 Å². The largest absolute Gasteiger partial charge is 0.465 e. The third kappa shape index (κ3) is 8.39. The number of likely N-dealkylation sites (N-methyl/N-ethyl adjacent to an activating group) is 1. The molecule has 90 valence electrons. The second kappa shape index (κ2) is 8.68. The van der Waals surface area contributed by atoms with Gasteiger partial charge in [0.15, 0.2) is 0 Å². The van der Waals surface area contributed by atoms with E-state index in [2.05, 4.69) is 30.8 Å². The molecule has 0 aromatic carbocycles. The van der Waals surface area contributed by atoms with Crippen LogP contribution in [0.25, 0.3) is 0 Å². The molecule has 0 radical (unpaired) electrons. The van der Waals surface area contributed by atoms with Crippen LogP contribution < -0.4 is 0 Å². The Labute approximate surface area is 93.2 Å². The molecule has 0 spiro atoms. The molecular weight excluding hydrogens is 192 g/mol. The molecule has 0 heterocycles. The molecule has 15 heavy (non-hydrogen) atoms. The van der Waals surface area contributed by atoms with E-state index in [4.69, 9.17) is 4.74 Å². The second-order valence-electron chi connectivity index (χ2n) is 3.83. The van der Waals surface area contributed by atoms with Crippen LogP contribution in [0.2, 0.25) is 0 Å². The van der Waals surface area contributed by atoms with Crippen molar-refractivity contribution in [2.24, 2.45) is 0 Å². The summed E-state index contributed by atoms with van der Waals surface area (Å²) >= 11 is 0. The second-order valence-corrected chi connectivity index (χ2v) is 3.83. The molecule has 0 unspecified atom stereocenters. The van der Waals surface area contributed by atoms with Crippen molar-refractivity contribution in [1.82, 2.24) is 9.80 Å². The molecular formula is C11H24N2O2. The molecule has 0 saturated carbocycles. The Morgan fingerprint density at radius 1 is 1.20 bits per heavy atom. The molecule has 0 amide bonds. The molecule has 0 rings (SSSR count). The van der Waals surface area contributed by atoms with Crippen LogP contribution in [0.4, 0.5) is 0 Å². The van der Waals surface area contributed by atoms with Crippen LogP contribution in [0.5, 0.6) is 0 Å². The summed E-state index contributed by atoms with van der Waals surface area (Å²) in [6.07, 6.45) is 1.08. The predicted molar refractivity (Wildman–Crippen MR) is 61.9 cm³/mol. The molecule has 0 fully saturated rings. The highest BCUT2D eigenvalue weighted by atomic mass is 16.5. The molecule has 0 aromatic rings. The molecule has 0 N–H and O–H groups in total. The van der Waals surface area contributed by atoms with Crippen LogP contribution in [0.3, 0.4) is 0 Å². The van der Waals surface area contributed by atoms with Gasteiger partial charge in [-0.3, -0.25) is 9.69 Å². The maximum absolute atomic E-state index is 11.2. The number of rotatable bonds is 8. The van der Waals surface area contributed by atoms with Gasteiger partial charge in [-0.25, -0.2) is 0 Å². The fraction of sp³-hybridized carbons (Fsp3) is 0.909. The van der Waals surface area contributed by atoms with Gasteiger partial charge in [-0.05, 0) is 47.1 Å². The third-order valence-electron chi connectivity index (χ3n) is 2.18. The van der Waals surface area contributed by atoms with E-state index in [-0.39, 0.29) is 5.97 Å². The summed E-state index contributed by atoms with van der Waals surface area (Å²) in [5, 5.41) is 0. The zero-order chi connectivity index (χ0) is 11.7. The van der Waals surface area contributed by atoms with Crippen LogP contribution in [-0.4, -0.2) is 62.7 Å². The minimum absolute atomic E-state index is 0.121. The average molecular weight is 216 g/mol. The minimum atomic E-state index is -0.121. The summed E-state index contributed by atoms with van der Waals surface area (Å²) in [6.45, 7) is 7.68. The number of carbonyl (C=O) groups excluding carboxylic acids is 1. The summed E-state index contributed by atoms with van der Waals surface area (Å²) in [6, 6.07) is 0. The van der Waals surface area contributed by atoms with Crippen molar-refractivity contribution in [3.63, 3.8) is 0 Å². The lowest BCUT2D eigenvalue weighted by Crippen LogP contribution is -2.33. The van der Waals surface area contributed by atoms with E-state index < -0.39 is 0 Å². The Morgan fingerprint density at radius 2 is 1.87 bits per heavy atom. The first kappa shape index (κ1) is 14.4. The first-order chi connectivity index (χ1) is 7.10. The highest BCUT2D eigenvalue weighted by molar-refractivity contribution is 5.71. The van der Waals surface area contributed by atoms with E-state index in [0.29, 0.717) is 13.2 Å². The van der Waals surface area contributed by atoms with Gasteiger partial charge >= 0.3 is 5.97 Å². The Morgan fingerprint density at radius 3 is 2.33 bits per heavy atom. The van der Waals surface area contributed by atoms with Crippen molar-refractivity contribution in [3.05, 3.63) is 0 Å². The van der Waals surface area contributed by atoms with E-state index in [9.17, 15) is 4.79 Å². The van der Waals surface area contributed by atoms with E-state index >= 15 is 0 Å². The van der Waals surface area contributed by atoms with Crippen molar-refractivity contribution in [2.75, 3.05) is 46.9 Å². The first-order valence-electron chi connectivity index (χ1n) is 5.62. The van der Waals surface area contributed by atoms with Gasteiger partial charge in [0.2, 0.25) is 0 Å². The van der Waals surface area contributed by atoms with Gasteiger partial charge in [-0.1, -0.05) is 6.92 Å². The lowest BCUT2D eigenvalue weighted by molar-refractivity contribution is -0.144. The first-order valence-corrected chi connectivity index (χ1v) is 5.62. The summed E-state index contributed by atoms with van der Waals surface area (Å²) in [5.74, 6) is -0.121. The van der Waals surface area contributed by atoms with Crippen LogP contribution >= 0.6 is 0 Å². The number of nitrogens with zero attached hydrogens (tertiary/aromatic N) is 2. The summed E-state index contributed by atoms with van der Waals surface area (Å²) in [5.41, 5.74) is 0. The molecule has 0 saturated heterocycles. The number of hydrogen-bond acceptors (Lipinski definition) is 4. The lowest BCUT2D eigenvalue weighted by Gasteiger charge is -2.20. The Hall–Kier alpha value is -0.610. The van der Waals surface area contributed by atoms with Gasteiger partial charge in [-0.2, -0.15) is 0 Å². The number of hydrogen-bond donors (Lipinski definition) is 0. The van der Waals surface area contributed by atoms with Crippen molar-refractivity contribution in [2.45, 2.75) is 20.3 Å². The lowest BCUT2D eigenvalue weighted by atomic mass is 10.3. The standard InChI is InChI=1S/C11H24N2O2/c1-5-13(9-7-8-12(3)4)10-11(14)15-6-2/h5-10H2,1-4H3. The van der Waals surface area contributed by atoms with Crippen LogP contribution in [0, 0.1) is 0 Å². The van der Waals surface area contributed by atoms with E-state index in [0.717, 1.165) is 26.1 Å². The van der Waals surface area contributed by atoms with Crippen LogP contribution in [-0.2, 0) is 9.53 Å². The van der Waals surface area contributed by atoms with Crippen molar-refractivity contribution >= 4 is 5.97 Å². The summed E-state index contributed by atoms with van der Waals surface area (Å²) in [4.78, 5) is 15.5. The van der Waals surface area contributed by atoms with Gasteiger partial charge in [0, 0.05) is 0 Å². The maximum atomic E-state index is 11.2. The van der Waals surface area contributed by atoms with E-state index in [1.165, 1.54) is 0 Å². The van der Waals surface area contributed by atoms with Crippen molar-refractivity contribution < 1.29 is 9.53 Å². The predicted octanol–water partition coefficient (Wildman–Crippen LogP) is 0.823. The zero-order valence-electron chi connectivity index (χ0n) is 10.5. The average Bonchev–Trinajstić information content (AvgIpc) is 2.16. The highest BCUT2D eigenvalue weighted by Gasteiger charge is 2.08. The fourth-order valence-corrected chi connectivity index (χ4v) is 1.35. The molecule has 0 aromatic heterocycles. The summed E-state index contributed by atoms with van der Waals surface area (Å²) < 4.78 is 4.91. The van der Waals surface area contributed by atoms with Gasteiger partial charge < -0.3 is 9.64 Å². The molecule has 0 aliphatic carbocycles. The normalized spacial score (nSPS) is 11.1. The van der Waals surface area contributed by atoms with Crippen molar-refractivity contribution in [1.29, 1.82) is 0 Å². The number of ether oxygens (including phenoxy) is 1. The maximum Gasteiger partial charge on any atom is 0.320 e.